The first-order chi connectivity index (χ1) is 15.1. The van der Waals surface area contributed by atoms with E-state index in [-0.39, 0.29) is 11.5 Å². The summed E-state index contributed by atoms with van der Waals surface area (Å²) < 4.78 is 0. The highest BCUT2D eigenvalue weighted by Crippen LogP contribution is 2.48. The monoisotopic (exact) mass is 415 g/mol. The Kier molecular flexibility index (Phi) is 5.36. The number of amides is 1. The highest BCUT2D eigenvalue weighted by Gasteiger charge is 2.45. The van der Waals surface area contributed by atoms with Crippen molar-refractivity contribution in [1.29, 1.82) is 0 Å². The van der Waals surface area contributed by atoms with E-state index in [0.29, 0.717) is 11.8 Å². The van der Waals surface area contributed by atoms with Gasteiger partial charge in [0, 0.05) is 49.7 Å². The van der Waals surface area contributed by atoms with Gasteiger partial charge in [-0.15, -0.1) is 0 Å². The minimum absolute atomic E-state index is 0.00756. The molecule has 3 aromatic rings. The second-order valence-electron chi connectivity index (χ2n) is 8.86. The van der Waals surface area contributed by atoms with E-state index in [1.54, 1.807) is 0 Å². The van der Waals surface area contributed by atoms with Crippen LogP contribution in [0.4, 0.5) is 0 Å². The molecule has 1 N–H and O–H groups in total. The average Bonchev–Trinajstić information content (AvgIpc) is 3.60. The fourth-order valence-electron chi connectivity index (χ4n) is 4.81. The lowest BCUT2D eigenvalue weighted by molar-refractivity contribution is -0.134. The summed E-state index contributed by atoms with van der Waals surface area (Å²) in [6.45, 7) is 6.20. The molecule has 2 unspecified atom stereocenters. The number of aryl methyl sites for hydroxylation is 1. The Morgan fingerprint density at radius 2 is 1.81 bits per heavy atom. The maximum absolute atomic E-state index is 12.9. The summed E-state index contributed by atoms with van der Waals surface area (Å²) in [7, 11) is 0. The Hall–Kier alpha value is -2.92. The molecule has 2 fully saturated rings. The van der Waals surface area contributed by atoms with E-state index in [1.165, 1.54) is 11.1 Å². The van der Waals surface area contributed by atoms with E-state index in [2.05, 4.69) is 52.3 Å². The number of nitrogens with zero attached hydrogens (tertiary/aromatic N) is 2. The third kappa shape index (κ3) is 4.15. The Labute approximate surface area is 182 Å². The Morgan fingerprint density at radius 3 is 2.55 bits per heavy atom. The zero-order chi connectivity index (χ0) is 21.4. The molecule has 160 valence electrons. The van der Waals surface area contributed by atoms with Gasteiger partial charge in [0.1, 0.15) is 0 Å². The van der Waals surface area contributed by atoms with Crippen LogP contribution in [0.3, 0.4) is 0 Å². The van der Waals surface area contributed by atoms with E-state index in [1.807, 2.05) is 24.0 Å². The van der Waals surface area contributed by atoms with E-state index in [9.17, 15) is 9.59 Å². The molecule has 1 amide bonds. The van der Waals surface area contributed by atoms with Crippen molar-refractivity contribution in [2.45, 2.75) is 32.2 Å². The average molecular weight is 416 g/mol. The molecule has 2 aromatic carbocycles. The summed E-state index contributed by atoms with van der Waals surface area (Å²) in [5.41, 5.74) is 4.21. The SMILES string of the molecule is CCc1cc2ccc(CN3CCN(C(=O)C4CC4c4ccccc4)CC3)cc2[nH]c1=O. The lowest BCUT2D eigenvalue weighted by atomic mass is 10.1. The second-order valence-corrected chi connectivity index (χ2v) is 8.86. The molecule has 2 heterocycles. The van der Waals surface area contributed by atoms with Gasteiger partial charge in [0.05, 0.1) is 0 Å². The van der Waals surface area contributed by atoms with Crippen LogP contribution >= 0.6 is 0 Å². The maximum atomic E-state index is 12.9. The van der Waals surface area contributed by atoms with E-state index in [4.69, 9.17) is 0 Å². The molecule has 2 atom stereocenters. The molecular weight excluding hydrogens is 386 g/mol. The van der Waals surface area contributed by atoms with Gasteiger partial charge in [-0.05, 0) is 47.4 Å². The Balaban J connectivity index is 1.18. The van der Waals surface area contributed by atoms with Crippen LogP contribution in [0.15, 0.2) is 59.4 Å². The number of carbonyl (C=O) groups is 1. The number of hydrogen-bond acceptors (Lipinski definition) is 3. The normalized spacial score (nSPS) is 21.4. The number of carbonyl (C=O) groups excluding carboxylic acids is 1. The molecule has 0 bridgehead atoms. The van der Waals surface area contributed by atoms with Crippen LogP contribution in [-0.4, -0.2) is 46.9 Å². The van der Waals surface area contributed by atoms with Crippen molar-refractivity contribution in [3.63, 3.8) is 0 Å². The standard InChI is InChI=1S/C26H29N3O2/c1-2-19-15-21-9-8-18(14-24(21)27-25(19)30)17-28-10-12-29(13-11-28)26(31)23-16-22(23)20-6-4-3-5-7-20/h3-9,14-15,22-23H,2,10-13,16-17H2,1H3,(H,27,30). The minimum Gasteiger partial charge on any atom is -0.340 e. The lowest BCUT2D eigenvalue weighted by Crippen LogP contribution is -2.48. The number of H-pyrrole nitrogens is 1. The van der Waals surface area contributed by atoms with Crippen molar-refractivity contribution in [1.82, 2.24) is 14.8 Å². The molecule has 1 saturated heterocycles. The summed E-state index contributed by atoms with van der Waals surface area (Å²) in [5, 5.41) is 1.08. The van der Waals surface area contributed by atoms with Gasteiger partial charge >= 0.3 is 0 Å². The van der Waals surface area contributed by atoms with E-state index < -0.39 is 0 Å². The number of aromatic nitrogens is 1. The molecule has 5 heteroatoms. The third-order valence-corrected chi connectivity index (χ3v) is 6.79. The molecule has 0 spiro atoms. The van der Waals surface area contributed by atoms with Gasteiger partial charge < -0.3 is 9.88 Å². The molecule has 1 aromatic heterocycles. The van der Waals surface area contributed by atoms with Gasteiger partial charge in [-0.2, -0.15) is 0 Å². The molecular formula is C26H29N3O2. The molecule has 2 aliphatic rings. The van der Waals surface area contributed by atoms with Crippen LogP contribution in [0.1, 0.15) is 36.0 Å². The topological polar surface area (TPSA) is 56.4 Å². The van der Waals surface area contributed by atoms with Crippen molar-refractivity contribution >= 4 is 16.8 Å². The van der Waals surface area contributed by atoms with Gasteiger partial charge in [0.25, 0.3) is 5.56 Å². The van der Waals surface area contributed by atoms with Crippen LogP contribution < -0.4 is 5.56 Å². The molecule has 1 aliphatic carbocycles. The summed E-state index contributed by atoms with van der Waals surface area (Å²) >= 11 is 0. The number of fused-ring (bicyclic) bond motifs is 1. The van der Waals surface area contributed by atoms with Crippen LogP contribution in [0.25, 0.3) is 10.9 Å². The van der Waals surface area contributed by atoms with Crippen molar-refractivity contribution in [3.05, 3.63) is 81.6 Å². The van der Waals surface area contributed by atoms with Crippen LogP contribution in [0, 0.1) is 5.92 Å². The quantitative estimate of drug-likeness (QED) is 0.694. The number of nitrogens with one attached hydrogen (secondary N) is 1. The maximum Gasteiger partial charge on any atom is 0.251 e. The second kappa shape index (κ2) is 8.31. The van der Waals surface area contributed by atoms with Gasteiger partial charge in [0.15, 0.2) is 0 Å². The minimum atomic E-state index is 0.00756. The van der Waals surface area contributed by atoms with Crippen LogP contribution in [0.2, 0.25) is 0 Å². The smallest absolute Gasteiger partial charge is 0.251 e. The first-order valence-corrected chi connectivity index (χ1v) is 11.3. The van der Waals surface area contributed by atoms with Crippen molar-refractivity contribution in [2.24, 2.45) is 5.92 Å². The Bertz CT molecular complexity index is 1150. The number of aromatic amines is 1. The Morgan fingerprint density at radius 1 is 1.03 bits per heavy atom. The predicted molar refractivity (Wildman–Crippen MR) is 123 cm³/mol. The van der Waals surface area contributed by atoms with E-state index in [0.717, 1.165) is 62.0 Å². The van der Waals surface area contributed by atoms with Gasteiger partial charge in [-0.3, -0.25) is 14.5 Å². The molecule has 1 aliphatic heterocycles. The molecule has 5 rings (SSSR count). The number of rotatable bonds is 5. The van der Waals surface area contributed by atoms with Gasteiger partial charge in [-0.25, -0.2) is 0 Å². The van der Waals surface area contributed by atoms with Crippen molar-refractivity contribution < 1.29 is 4.79 Å². The number of pyridine rings is 1. The van der Waals surface area contributed by atoms with E-state index >= 15 is 0 Å². The van der Waals surface area contributed by atoms with Crippen molar-refractivity contribution in [3.8, 4) is 0 Å². The zero-order valence-corrected chi connectivity index (χ0v) is 18.0. The fourth-order valence-corrected chi connectivity index (χ4v) is 4.81. The molecule has 5 nitrogen and oxygen atoms in total. The zero-order valence-electron chi connectivity index (χ0n) is 18.0. The van der Waals surface area contributed by atoms with Gasteiger partial charge in [0.2, 0.25) is 5.91 Å². The largest absolute Gasteiger partial charge is 0.340 e. The van der Waals surface area contributed by atoms with Crippen LogP contribution in [0.5, 0.6) is 0 Å². The molecule has 0 radical (unpaired) electrons. The summed E-state index contributed by atoms with van der Waals surface area (Å²) in [6, 6.07) is 18.7. The van der Waals surface area contributed by atoms with Crippen molar-refractivity contribution in [2.75, 3.05) is 26.2 Å². The first-order valence-electron chi connectivity index (χ1n) is 11.3. The fraction of sp³-hybridized carbons (Fsp3) is 0.385. The summed E-state index contributed by atoms with van der Waals surface area (Å²) in [6.07, 6.45) is 1.72. The number of benzene rings is 2. The highest BCUT2D eigenvalue weighted by molar-refractivity contribution is 5.83. The molecule has 1 saturated carbocycles. The summed E-state index contributed by atoms with van der Waals surface area (Å²) in [5.74, 6) is 0.891. The number of hydrogen-bond donors (Lipinski definition) is 1. The number of piperazine rings is 1. The predicted octanol–water partition coefficient (Wildman–Crippen LogP) is 3.54. The summed E-state index contributed by atoms with van der Waals surface area (Å²) in [4.78, 5) is 32.5. The van der Waals surface area contributed by atoms with Crippen LogP contribution in [-0.2, 0) is 17.8 Å². The lowest BCUT2D eigenvalue weighted by Gasteiger charge is -2.35. The first kappa shape index (κ1) is 20.0. The van der Waals surface area contributed by atoms with Gasteiger partial charge in [-0.1, -0.05) is 49.4 Å². The molecule has 31 heavy (non-hydrogen) atoms. The third-order valence-electron chi connectivity index (χ3n) is 6.79. The highest BCUT2D eigenvalue weighted by atomic mass is 16.2.